The van der Waals surface area contributed by atoms with Crippen LogP contribution in [0, 0.1) is 5.92 Å². The molecule has 0 bridgehead atoms. The molecule has 1 heterocycles. The van der Waals surface area contributed by atoms with Crippen LogP contribution in [-0.4, -0.2) is 35.0 Å². The molecule has 2 aromatic rings. The lowest BCUT2D eigenvalue weighted by Gasteiger charge is -2.34. The molecule has 2 amide bonds. The summed E-state index contributed by atoms with van der Waals surface area (Å²) in [7, 11) is 0. The van der Waals surface area contributed by atoms with E-state index >= 15 is 0 Å². The Labute approximate surface area is 155 Å². The van der Waals surface area contributed by atoms with E-state index in [0.29, 0.717) is 24.1 Å². The molecule has 7 heteroatoms. The van der Waals surface area contributed by atoms with Crippen molar-refractivity contribution in [2.75, 3.05) is 0 Å². The van der Waals surface area contributed by atoms with E-state index < -0.39 is 17.9 Å². The first-order valence-electron chi connectivity index (χ1n) is 8.44. The molecule has 1 atom stereocenters. The van der Waals surface area contributed by atoms with Gasteiger partial charge in [0.25, 0.3) is 5.91 Å². The molecule has 1 fully saturated rings. The molecule has 1 aliphatic rings. The first-order chi connectivity index (χ1) is 12.5. The molecule has 1 aliphatic carbocycles. The number of amides is 2. The molecule has 3 rings (SSSR count). The lowest BCUT2D eigenvalue weighted by molar-refractivity contribution is -0.146. The maximum atomic E-state index is 12.7. The molecule has 1 aromatic carbocycles. The summed E-state index contributed by atoms with van der Waals surface area (Å²) >= 11 is 1.32. The average molecular weight is 372 g/mol. The van der Waals surface area contributed by atoms with E-state index in [1.807, 2.05) is 35.7 Å². The Kier molecular flexibility index (Phi) is 5.68. The Hall–Kier alpha value is -2.67. The van der Waals surface area contributed by atoms with Gasteiger partial charge in [0.05, 0.1) is 10.8 Å². The zero-order valence-corrected chi connectivity index (χ0v) is 14.9. The highest BCUT2D eigenvalue weighted by atomic mass is 32.1. The third kappa shape index (κ3) is 4.49. The molecule has 26 heavy (non-hydrogen) atoms. The van der Waals surface area contributed by atoms with Gasteiger partial charge in [0.2, 0.25) is 5.91 Å². The van der Waals surface area contributed by atoms with Crippen molar-refractivity contribution in [3.05, 3.63) is 58.3 Å². The Morgan fingerprint density at radius 3 is 2.46 bits per heavy atom. The van der Waals surface area contributed by atoms with E-state index in [-0.39, 0.29) is 17.9 Å². The van der Waals surface area contributed by atoms with Crippen molar-refractivity contribution in [1.29, 1.82) is 0 Å². The fourth-order valence-electron chi connectivity index (χ4n) is 2.94. The van der Waals surface area contributed by atoms with Gasteiger partial charge in [-0.05, 0) is 29.9 Å². The summed E-state index contributed by atoms with van der Waals surface area (Å²) in [4.78, 5) is 36.5. The number of thiophene rings is 1. The van der Waals surface area contributed by atoms with E-state index in [9.17, 15) is 14.4 Å². The standard InChI is InChI=1S/C19H20N2O4S/c22-17(20-14-10-13(11-14)19(24)25)15(9-12-5-2-1-3-6-12)21-18(23)16-7-4-8-26-16/h1-8,13-15H,9-11H2,(H,20,22)(H,21,23)(H,24,25). The van der Waals surface area contributed by atoms with E-state index in [1.165, 1.54) is 11.3 Å². The van der Waals surface area contributed by atoms with Crippen LogP contribution in [0.15, 0.2) is 47.8 Å². The number of nitrogens with one attached hydrogen (secondary N) is 2. The lowest BCUT2D eigenvalue weighted by Crippen LogP contribution is -2.54. The summed E-state index contributed by atoms with van der Waals surface area (Å²) < 4.78 is 0. The van der Waals surface area contributed by atoms with Gasteiger partial charge >= 0.3 is 5.97 Å². The third-order valence-corrected chi connectivity index (χ3v) is 5.35. The van der Waals surface area contributed by atoms with Crippen molar-refractivity contribution in [3.8, 4) is 0 Å². The summed E-state index contributed by atoms with van der Waals surface area (Å²) in [6.45, 7) is 0. The Morgan fingerprint density at radius 1 is 1.12 bits per heavy atom. The van der Waals surface area contributed by atoms with Gasteiger partial charge in [-0.1, -0.05) is 36.4 Å². The molecule has 3 N–H and O–H groups in total. The molecular weight excluding hydrogens is 352 g/mol. The van der Waals surface area contributed by atoms with Gasteiger partial charge in [-0.2, -0.15) is 0 Å². The van der Waals surface area contributed by atoms with Gasteiger partial charge in [-0.25, -0.2) is 0 Å². The topological polar surface area (TPSA) is 95.5 Å². The maximum absolute atomic E-state index is 12.7. The van der Waals surface area contributed by atoms with Crippen LogP contribution in [0.3, 0.4) is 0 Å². The quantitative estimate of drug-likeness (QED) is 0.693. The molecule has 6 nitrogen and oxygen atoms in total. The SMILES string of the molecule is O=C(NC(Cc1ccccc1)C(=O)NC1CC(C(=O)O)C1)c1cccs1. The molecule has 0 aliphatic heterocycles. The Balaban J connectivity index is 1.65. The molecular formula is C19H20N2O4S. The van der Waals surface area contributed by atoms with Crippen LogP contribution in [0.5, 0.6) is 0 Å². The summed E-state index contributed by atoms with van der Waals surface area (Å²) in [5, 5.41) is 16.4. The first kappa shape index (κ1) is 18.1. The first-order valence-corrected chi connectivity index (χ1v) is 9.32. The third-order valence-electron chi connectivity index (χ3n) is 4.48. The minimum absolute atomic E-state index is 0.152. The normalized spacial score (nSPS) is 19.8. The summed E-state index contributed by atoms with van der Waals surface area (Å²) in [5.74, 6) is -1.79. The van der Waals surface area contributed by atoms with E-state index in [2.05, 4.69) is 10.6 Å². The number of aliphatic carboxylic acids is 1. The second-order valence-electron chi connectivity index (χ2n) is 6.41. The maximum Gasteiger partial charge on any atom is 0.306 e. The fourth-order valence-corrected chi connectivity index (χ4v) is 3.56. The summed E-state index contributed by atoms with van der Waals surface area (Å²) in [6, 6.07) is 12.1. The number of carbonyl (C=O) groups excluding carboxylic acids is 2. The van der Waals surface area contributed by atoms with Crippen molar-refractivity contribution < 1.29 is 19.5 Å². The van der Waals surface area contributed by atoms with Crippen molar-refractivity contribution in [2.45, 2.75) is 31.3 Å². The molecule has 0 spiro atoms. The fraction of sp³-hybridized carbons (Fsp3) is 0.316. The van der Waals surface area contributed by atoms with E-state index in [4.69, 9.17) is 5.11 Å². The highest BCUT2D eigenvalue weighted by Gasteiger charge is 2.36. The zero-order chi connectivity index (χ0) is 18.5. The second kappa shape index (κ2) is 8.14. The van der Waals surface area contributed by atoms with Crippen molar-refractivity contribution in [3.63, 3.8) is 0 Å². The molecule has 1 unspecified atom stereocenters. The molecule has 1 aromatic heterocycles. The van der Waals surface area contributed by atoms with Gasteiger partial charge in [-0.3, -0.25) is 14.4 Å². The van der Waals surface area contributed by atoms with Gasteiger partial charge in [0.15, 0.2) is 0 Å². The minimum Gasteiger partial charge on any atom is -0.481 e. The number of rotatable bonds is 7. The molecule has 136 valence electrons. The van der Waals surface area contributed by atoms with Crippen LogP contribution in [0.4, 0.5) is 0 Å². The number of hydrogen-bond acceptors (Lipinski definition) is 4. The largest absolute Gasteiger partial charge is 0.481 e. The van der Waals surface area contributed by atoms with Crippen molar-refractivity contribution >= 4 is 29.1 Å². The van der Waals surface area contributed by atoms with Gasteiger partial charge < -0.3 is 15.7 Å². The number of carbonyl (C=O) groups is 3. The average Bonchev–Trinajstić information content (AvgIpc) is 3.12. The van der Waals surface area contributed by atoms with Crippen LogP contribution in [0.1, 0.15) is 28.1 Å². The van der Waals surface area contributed by atoms with E-state index in [0.717, 1.165) is 5.56 Å². The Bertz CT molecular complexity index is 770. The summed E-state index contributed by atoms with van der Waals surface area (Å²) in [5.41, 5.74) is 0.941. The van der Waals surface area contributed by atoms with Gasteiger partial charge in [0.1, 0.15) is 6.04 Å². The zero-order valence-electron chi connectivity index (χ0n) is 14.1. The number of benzene rings is 1. The highest BCUT2D eigenvalue weighted by molar-refractivity contribution is 7.12. The monoisotopic (exact) mass is 372 g/mol. The molecule has 1 saturated carbocycles. The van der Waals surface area contributed by atoms with Crippen LogP contribution < -0.4 is 10.6 Å². The second-order valence-corrected chi connectivity index (χ2v) is 7.35. The van der Waals surface area contributed by atoms with Crippen LogP contribution in [0.2, 0.25) is 0 Å². The summed E-state index contributed by atoms with van der Waals surface area (Å²) in [6.07, 6.45) is 1.23. The van der Waals surface area contributed by atoms with Crippen molar-refractivity contribution in [1.82, 2.24) is 10.6 Å². The molecule has 0 radical (unpaired) electrons. The predicted octanol–water partition coefficient (Wildman–Crippen LogP) is 2.07. The van der Waals surface area contributed by atoms with Gasteiger partial charge in [0, 0.05) is 12.5 Å². The van der Waals surface area contributed by atoms with Crippen LogP contribution >= 0.6 is 11.3 Å². The van der Waals surface area contributed by atoms with Crippen LogP contribution in [-0.2, 0) is 16.0 Å². The highest BCUT2D eigenvalue weighted by Crippen LogP contribution is 2.27. The van der Waals surface area contributed by atoms with Gasteiger partial charge in [-0.15, -0.1) is 11.3 Å². The minimum atomic E-state index is -0.831. The smallest absolute Gasteiger partial charge is 0.306 e. The number of carboxylic acids is 1. The molecule has 0 saturated heterocycles. The number of carboxylic acid groups (broad SMARTS) is 1. The number of hydrogen-bond donors (Lipinski definition) is 3. The van der Waals surface area contributed by atoms with E-state index in [1.54, 1.807) is 12.1 Å². The Morgan fingerprint density at radius 2 is 1.85 bits per heavy atom. The lowest BCUT2D eigenvalue weighted by atomic mass is 9.80. The van der Waals surface area contributed by atoms with Crippen LogP contribution in [0.25, 0.3) is 0 Å². The predicted molar refractivity (Wildman–Crippen MR) is 98.0 cm³/mol. The van der Waals surface area contributed by atoms with Crippen molar-refractivity contribution in [2.24, 2.45) is 5.92 Å².